The predicted molar refractivity (Wildman–Crippen MR) is 102 cm³/mol. The van der Waals surface area contributed by atoms with Crippen molar-refractivity contribution in [3.05, 3.63) is 64.4 Å². The number of hydrogen-bond acceptors (Lipinski definition) is 2. The Kier molecular flexibility index (Phi) is 4.34. The second-order valence-corrected chi connectivity index (χ2v) is 7.46. The Morgan fingerprint density at radius 3 is 2.72 bits per heavy atom. The lowest BCUT2D eigenvalue weighted by Gasteiger charge is -2.24. The van der Waals surface area contributed by atoms with Crippen molar-refractivity contribution in [1.82, 2.24) is 14.5 Å². The van der Waals surface area contributed by atoms with Crippen molar-refractivity contribution in [1.29, 1.82) is 0 Å². The summed E-state index contributed by atoms with van der Waals surface area (Å²) < 4.78 is 3.34. The smallest absolute Gasteiger partial charge is 0.220 e. The predicted octanol–water partition coefficient (Wildman–Crippen LogP) is 4.53. The Morgan fingerprint density at radius 2 is 1.96 bits per heavy atom. The molecular weight excluding hydrogens is 378 g/mol. The maximum Gasteiger partial charge on any atom is 0.220 e. The Morgan fingerprint density at radius 1 is 1.20 bits per heavy atom. The molecule has 0 unspecified atom stereocenters. The fraction of sp³-hybridized carbons (Fsp3) is 0.300. The van der Waals surface area contributed by atoms with Crippen LogP contribution in [0.4, 0.5) is 0 Å². The van der Waals surface area contributed by atoms with Gasteiger partial charge in [-0.1, -0.05) is 40.2 Å². The number of hydrogen-bond donors (Lipinski definition) is 0. The van der Waals surface area contributed by atoms with Crippen molar-refractivity contribution in [2.75, 3.05) is 6.54 Å². The first-order valence-electron chi connectivity index (χ1n) is 8.60. The molecule has 4 nitrogen and oxygen atoms in total. The molecule has 1 aromatic heterocycles. The van der Waals surface area contributed by atoms with Crippen molar-refractivity contribution in [2.45, 2.75) is 32.4 Å². The van der Waals surface area contributed by atoms with Crippen molar-refractivity contribution >= 4 is 32.9 Å². The first-order valence-corrected chi connectivity index (χ1v) is 9.39. The van der Waals surface area contributed by atoms with Crippen LogP contribution in [-0.2, 0) is 11.3 Å². The lowest BCUT2D eigenvalue weighted by molar-refractivity contribution is -0.129. The molecule has 2 heterocycles. The van der Waals surface area contributed by atoms with Crippen molar-refractivity contribution in [3.63, 3.8) is 0 Å². The Bertz CT molecular complexity index is 916. The molecule has 25 heavy (non-hydrogen) atoms. The molecule has 0 N–H and O–H groups in total. The van der Waals surface area contributed by atoms with Gasteiger partial charge in [-0.3, -0.25) is 4.79 Å². The average Bonchev–Trinajstić information content (AvgIpc) is 3.22. The minimum atomic E-state index is 0.0698. The maximum atomic E-state index is 12.0. The molecule has 0 radical (unpaired) electrons. The summed E-state index contributed by atoms with van der Waals surface area (Å²) in [6, 6.07) is 16.7. The molecule has 0 spiro atoms. The van der Waals surface area contributed by atoms with E-state index >= 15 is 0 Å². The minimum Gasteiger partial charge on any atom is -0.333 e. The molecule has 0 aliphatic carbocycles. The second-order valence-electron chi connectivity index (χ2n) is 6.54. The third-order valence-corrected chi connectivity index (χ3v) is 5.42. The van der Waals surface area contributed by atoms with Crippen LogP contribution in [0, 0.1) is 0 Å². The molecule has 4 rings (SSSR count). The quantitative estimate of drug-likeness (QED) is 0.650. The molecular formula is C20H20BrN3O. The van der Waals surface area contributed by atoms with Gasteiger partial charge >= 0.3 is 0 Å². The van der Waals surface area contributed by atoms with E-state index in [4.69, 9.17) is 4.98 Å². The Hall–Kier alpha value is -2.14. The summed E-state index contributed by atoms with van der Waals surface area (Å²) in [6.07, 6.45) is 2.01. The summed E-state index contributed by atoms with van der Waals surface area (Å²) in [6.45, 7) is 3.23. The highest BCUT2D eigenvalue weighted by molar-refractivity contribution is 9.10. The number of aromatic nitrogens is 2. The molecule has 0 saturated carbocycles. The highest BCUT2D eigenvalue weighted by atomic mass is 79.9. The van der Waals surface area contributed by atoms with E-state index in [1.807, 2.05) is 23.1 Å². The topological polar surface area (TPSA) is 38.1 Å². The van der Waals surface area contributed by atoms with Crippen molar-refractivity contribution in [3.8, 4) is 0 Å². The van der Waals surface area contributed by atoms with Crippen LogP contribution < -0.4 is 0 Å². The molecule has 1 saturated heterocycles. The summed E-state index contributed by atoms with van der Waals surface area (Å²) >= 11 is 3.49. The zero-order valence-electron chi connectivity index (χ0n) is 14.2. The van der Waals surface area contributed by atoms with E-state index in [1.165, 1.54) is 5.56 Å². The van der Waals surface area contributed by atoms with Crippen LogP contribution in [-0.4, -0.2) is 26.9 Å². The van der Waals surface area contributed by atoms with Gasteiger partial charge in [0.15, 0.2) is 0 Å². The van der Waals surface area contributed by atoms with Crippen LogP contribution in [0.2, 0.25) is 0 Å². The number of halogens is 1. The van der Waals surface area contributed by atoms with Gasteiger partial charge in [-0.05, 0) is 42.7 Å². The number of carbonyl (C=O) groups is 1. The molecule has 5 heteroatoms. The zero-order chi connectivity index (χ0) is 17.4. The summed E-state index contributed by atoms with van der Waals surface area (Å²) in [7, 11) is 0. The molecule has 1 atom stereocenters. The average molecular weight is 398 g/mol. The first kappa shape index (κ1) is 16.3. The summed E-state index contributed by atoms with van der Waals surface area (Å²) in [4.78, 5) is 18.9. The number of imidazole rings is 1. The molecule has 3 aromatic rings. The van der Waals surface area contributed by atoms with Gasteiger partial charge in [-0.2, -0.15) is 0 Å². The summed E-state index contributed by atoms with van der Waals surface area (Å²) in [5.74, 6) is 1.13. The molecule has 1 aliphatic heterocycles. The van der Waals surface area contributed by atoms with Gasteiger partial charge in [0.05, 0.1) is 17.1 Å². The van der Waals surface area contributed by atoms with Crippen LogP contribution >= 0.6 is 15.9 Å². The monoisotopic (exact) mass is 397 g/mol. The van der Waals surface area contributed by atoms with Gasteiger partial charge in [-0.25, -0.2) is 4.98 Å². The van der Waals surface area contributed by atoms with Crippen LogP contribution in [0.15, 0.2) is 53.0 Å². The van der Waals surface area contributed by atoms with Gasteiger partial charge in [0.2, 0.25) is 5.91 Å². The number of nitrogens with zero attached hydrogens (tertiary/aromatic N) is 3. The molecule has 0 bridgehead atoms. The van der Waals surface area contributed by atoms with E-state index in [0.717, 1.165) is 47.3 Å². The number of fused-ring (bicyclic) bond motifs is 1. The zero-order valence-corrected chi connectivity index (χ0v) is 15.7. The van der Waals surface area contributed by atoms with Crippen molar-refractivity contribution < 1.29 is 4.79 Å². The van der Waals surface area contributed by atoms with Crippen LogP contribution in [0.1, 0.15) is 37.2 Å². The Balaban J connectivity index is 1.80. The largest absolute Gasteiger partial charge is 0.333 e. The number of amides is 1. The molecule has 1 aliphatic rings. The Labute approximate surface area is 155 Å². The highest BCUT2D eigenvalue weighted by Gasteiger charge is 2.32. The maximum absolute atomic E-state index is 12.0. The van der Waals surface area contributed by atoms with E-state index in [2.05, 4.69) is 50.8 Å². The van der Waals surface area contributed by atoms with Gasteiger partial charge in [0, 0.05) is 24.5 Å². The van der Waals surface area contributed by atoms with E-state index in [9.17, 15) is 4.79 Å². The normalized spacial score (nSPS) is 17.4. The van der Waals surface area contributed by atoms with E-state index in [-0.39, 0.29) is 11.9 Å². The van der Waals surface area contributed by atoms with E-state index in [0.29, 0.717) is 0 Å². The second kappa shape index (κ2) is 6.64. The van der Waals surface area contributed by atoms with Crippen LogP contribution in [0.25, 0.3) is 11.0 Å². The van der Waals surface area contributed by atoms with Crippen LogP contribution in [0.5, 0.6) is 0 Å². The first-order chi connectivity index (χ1) is 12.1. The molecule has 1 amide bonds. The molecule has 2 aromatic carbocycles. The SMILES string of the molecule is CC(=O)N1CCC[C@@H]1c1nc2ccccc2n1Cc1ccc(Br)cc1. The number of benzene rings is 2. The third-order valence-electron chi connectivity index (χ3n) is 4.89. The lowest BCUT2D eigenvalue weighted by Crippen LogP contribution is -2.30. The molecule has 128 valence electrons. The van der Waals surface area contributed by atoms with Gasteiger partial charge < -0.3 is 9.47 Å². The van der Waals surface area contributed by atoms with Gasteiger partial charge in [0.1, 0.15) is 5.82 Å². The summed E-state index contributed by atoms with van der Waals surface area (Å²) in [5.41, 5.74) is 3.33. The lowest BCUT2D eigenvalue weighted by atomic mass is 10.2. The van der Waals surface area contributed by atoms with Crippen LogP contribution in [0.3, 0.4) is 0 Å². The van der Waals surface area contributed by atoms with Gasteiger partial charge in [0.25, 0.3) is 0 Å². The number of likely N-dealkylation sites (tertiary alicyclic amines) is 1. The summed E-state index contributed by atoms with van der Waals surface area (Å²) in [5, 5.41) is 0. The fourth-order valence-electron chi connectivity index (χ4n) is 3.70. The molecule has 1 fully saturated rings. The standard InChI is InChI=1S/C20H20BrN3O/c1-14(25)23-12-4-7-19(23)20-22-17-5-2-3-6-18(17)24(20)13-15-8-10-16(21)11-9-15/h2-3,5-6,8-11,19H,4,7,12-13H2,1H3/t19-/m1/s1. The van der Waals surface area contributed by atoms with Crippen molar-refractivity contribution in [2.24, 2.45) is 0 Å². The van der Waals surface area contributed by atoms with E-state index < -0.39 is 0 Å². The third kappa shape index (κ3) is 3.09. The highest BCUT2D eigenvalue weighted by Crippen LogP contribution is 2.33. The number of rotatable bonds is 3. The fourth-order valence-corrected chi connectivity index (χ4v) is 3.96. The van der Waals surface area contributed by atoms with E-state index in [1.54, 1.807) is 6.92 Å². The minimum absolute atomic E-state index is 0.0698. The van der Waals surface area contributed by atoms with Gasteiger partial charge in [-0.15, -0.1) is 0 Å². The number of carbonyl (C=O) groups excluding carboxylic acids is 1. The number of para-hydroxylation sites is 2.